The number of hydrogen-bond acceptors (Lipinski definition) is 4. The van der Waals surface area contributed by atoms with Gasteiger partial charge in [-0.1, -0.05) is 15.9 Å². The zero-order chi connectivity index (χ0) is 15.9. The Labute approximate surface area is 137 Å². The summed E-state index contributed by atoms with van der Waals surface area (Å²) in [6.45, 7) is 2.49. The van der Waals surface area contributed by atoms with Crippen LogP contribution in [0.25, 0.3) is 0 Å². The number of nitrogens with zero attached hydrogens (tertiary/aromatic N) is 1. The van der Waals surface area contributed by atoms with Crippen LogP contribution in [0.15, 0.2) is 46.9 Å². The number of halogens is 1. The van der Waals surface area contributed by atoms with Gasteiger partial charge in [-0.25, -0.2) is 0 Å². The van der Waals surface area contributed by atoms with E-state index in [0.717, 1.165) is 10.2 Å². The predicted octanol–water partition coefficient (Wildman–Crippen LogP) is 4.01. The molecule has 2 rings (SSSR count). The zero-order valence-corrected chi connectivity index (χ0v) is 13.7. The molecular formula is C17H15BrN2O2. The third kappa shape index (κ3) is 4.34. The van der Waals surface area contributed by atoms with Gasteiger partial charge in [0, 0.05) is 16.6 Å². The number of nitrogens with one attached hydrogen (secondary N) is 1. The van der Waals surface area contributed by atoms with Crippen molar-refractivity contribution in [1.82, 2.24) is 0 Å². The highest BCUT2D eigenvalue weighted by molar-refractivity contribution is 9.10. The number of ether oxygens (including phenoxy) is 1. The Morgan fingerprint density at radius 3 is 2.64 bits per heavy atom. The van der Waals surface area contributed by atoms with E-state index in [1.165, 1.54) is 6.92 Å². The molecule has 112 valence electrons. The van der Waals surface area contributed by atoms with Gasteiger partial charge in [0.2, 0.25) is 0 Å². The van der Waals surface area contributed by atoms with E-state index in [1.54, 1.807) is 18.2 Å². The maximum atomic E-state index is 11.4. The summed E-state index contributed by atoms with van der Waals surface area (Å²) < 4.78 is 6.60. The van der Waals surface area contributed by atoms with Crippen molar-refractivity contribution < 1.29 is 9.53 Å². The second kappa shape index (κ2) is 7.62. The Bertz CT molecular complexity index is 706. The zero-order valence-electron chi connectivity index (χ0n) is 12.1. The van der Waals surface area contributed by atoms with Gasteiger partial charge < -0.3 is 10.1 Å². The molecule has 0 unspecified atom stereocenters. The average molecular weight is 359 g/mol. The van der Waals surface area contributed by atoms with Crippen molar-refractivity contribution in [1.29, 1.82) is 5.26 Å². The van der Waals surface area contributed by atoms with E-state index >= 15 is 0 Å². The Kier molecular flexibility index (Phi) is 5.56. The van der Waals surface area contributed by atoms with Crippen LogP contribution in [-0.2, 0) is 0 Å². The molecule has 22 heavy (non-hydrogen) atoms. The molecule has 0 fully saturated rings. The van der Waals surface area contributed by atoms with E-state index in [0.29, 0.717) is 30.0 Å². The molecule has 1 N–H and O–H groups in total. The normalized spacial score (nSPS) is 9.86. The van der Waals surface area contributed by atoms with Gasteiger partial charge in [-0.3, -0.25) is 4.79 Å². The van der Waals surface area contributed by atoms with Gasteiger partial charge in [-0.05, 0) is 49.4 Å². The monoisotopic (exact) mass is 358 g/mol. The van der Waals surface area contributed by atoms with Crippen LogP contribution in [0, 0.1) is 11.3 Å². The Balaban J connectivity index is 1.93. The topological polar surface area (TPSA) is 62.1 Å². The van der Waals surface area contributed by atoms with Crippen molar-refractivity contribution >= 4 is 27.4 Å². The molecule has 0 aliphatic carbocycles. The number of ketones is 1. The molecule has 0 aromatic heterocycles. The molecule has 2 aromatic rings. The fraction of sp³-hybridized carbons (Fsp3) is 0.176. The standard InChI is InChI=1S/C17H15BrN2O2/c1-12(21)13-2-3-14(11-19)17(10-13)20-8-9-22-16-6-4-15(18)5-7-16/h2-7,10,20H,8-9H2,1H3. The second-order valence-electron chi connectivity index (χ2n) is 4.66. The maximum absolute atomic E-state index is 11.4. The van der Waals surface area contributed by atoms with E-state index in [2.05, 4.69) is 27.3 Å². The van der Waals surface area contributed by atoms with Crippen molar-refractivity contribution in [2.45, 2.75) is 6.92 Å². The molecule has 0 aliphatic rings. The van der Waals surface area contributed by atoms with Gasteiger partial charge in [0.1, 0.15) is 18.4 Å². The van der Waals surface area contributed by atoms with Gasteiger partial charge in [-0.2, -0.15) is 5.26 Å². The van der Waals surface area contributed by atoms with Crippen molar-refractivity contribution in [2.24, 2.45) is 0 Å². The first-order chi connectivity index (χ1) is 10.6. The van der Waals surface area contributed by atoms with Crippen LogP contribution in [0.4, 0.5) is 5.69 Å². The minimum atomic E-state index is -0.0290. The number of carbonyl (C=O) groups excluding carboxylic acids is 1. The van der Waals surface area contributed by atoms with E-state index in [9.17, 15) is 4.79 Å². The highest BCUT2D eigenvalue weighted by atomic mass is 79.9. The van der Waals surface area contributed by atoms with E-state index in [1.807, 2.05) is 24.3 Å². The summed E-state index contributed by atoms with van der Waals surface area (Å²) in [6.07, 6.45) is 0. The van der Waals surface area contributed by atoms with Crippen LogP contribution in [0.2, 0.25) is 0 Å². The molecule has 2 aromatic carbocycles. The van der Waals surface area contributed by atoms with Gasteiger partial charge in [0.25, 0.3) is 0 Å². The largest absolute Gasteiger partial charge is 0.492 e. The van der Waals surface area contributed by atoms with Crippen molar-refractivity contribution in [2.75, 3.05) is 18.5 Å². The summed E-state index contributed by atoms with van der Waals surface area (Å²) in [5.41, 5.74) is 1.73. The highest BCUT2D eigenvalue weighted by Crippen LogP contribution is 2.18. The lowest BCUT2D eigenvalue weighted by atomic mass is 10.1. The van der Waals surface area contributed by atoms with Gasteiger partial charge in [0.15, 0.2) is 5.78 Å². The van der Waals surface area contributed by atoms with Gasteiger partial charge in [-0.15, -0.1) is 0 Å². The third-order valence-corrected chi connectivity index (χ3v) is 3.58. The molecule has 0 spiro atoms. The number of benzene rings is 2. The van der Waals surface area contributed by atoms with Crippen molar-refractivity contribution in [3.8, 4) is 11.8 Å². The minimum absolute atomic E-state index is 0.0290. The Hall–Kier alpha value is -2.32. The van der Waals surface area contributed by atoms with Gasteiger partial charge >= 0.3 is 0 Å². The quantitative estimate of drug-likeness (QED) is 0.625. The van der Waals surface area contributed by atoms with E-state index in [-0.39, 0.29) is 5.78 Å². The van der Waals surface area contributed by atoms with Crippen LogP contribution in [0.3, 0.4) is 0 Å². The van der Waals surface area contributed by atoms with Gasteiger partial charge in [0.05, 0.1) is 11.3 Å². The number of carbonyl (C=O) groups is 1. The smallest absolute Gasteiger partial charge is 0.159 e. The molecule has 0 amide bonds. The summed E-state index contributed by atoms with van der Waals surface area (Å²) >= 11 is 3.37. The fourth-order valence-corrected chi connectivity index (χ4v) is 2.16. The molecule has 4 nitrogen and oxygen atoms in total. The first-order valence-electron chi connectivity index (χ1n) is 6.77. The molecule has 0 saturated carbocycles. The number of hydrogen-bond donors (Lipinski definition) is 1. The maximum Gasteiger partial charge on any atom is 0.159 e. The minimum Gasteiger partial charge on any atom is -0.492 e. The van der Waals surface area contributed by atoms with E-state index in [4.69, 9.17) is 10.00 Å². The number of Topliss-reactive ketones (excluding diaryl/α,β-unsaturated/α-hetero) is 1. The lowest BCUT2D eigenvalue weighted by molar-refractivity contribution is 0.101. The van der Waals surface area contributed by atoms with E-state index < -0.39 is 0 Å². The molecule has 0 heterocycles. The fourth-order valence-electron chi connectivity index (χ4n) is 1.89. The second-order valence-corrected chi connectivity index (χ2v) is 5.57. The average Bonchev–Trinajstić information content (AvgIpc) is 2.53. The SMILES string of the molecule is CC(=O)c1ccc(C#N)c(NCCOc2ccc(Br)cc2)c1. The van der Waals surface area contributed by atoms with Crippen molar-refractivity contribution in [3.05, 3.63) is 58.1 Å². The molecular weight excluding hydrogens is 344 g/mol. The van der Waals surface area contributed by atoms with Crippen LogP contribution >= 0.6 is 15.9 Å². The van der Waals surface area contributed by atoms with Crippen molar-refractivity contribution in [3.63, 3.8) is 0 Å². The first kappa shape index (κ1) is 16.1. The van der Waals surface area contributed by atoms with Crippen LogP contribution in [0.1, 0.15) is 22.8 Å². The molecule has 0 saturated heterocycles. The van der Waals surface area contributed by atoms with Crippen LogP contribution in [0.5, 0.6) is 5.75 Å². The predicted molar refractivity (Wildman–Crippen MR) is 89.3 cm³/mol. The lowest BCUT2D eigenvalue weighted by Gasteiger charge is -2.11. The highest BCUT2D eigenvalue weighted by Gasteiger charge is 2.06. The summed E-state index contributed by atoms with van der Waals surface area (Å²) in [7, 11) is 0. The first-order valence-corrected chi connectivity index (χ1v) is 7.57. The van der Waals surface area contributed by atoms with Crippen LogP contribution in [-0.4, -0.2) is 18.9 Å². The summed E-state index contributed by atoms with van der Waals surface area (Å²) in [5.74, 6) is 0.752. The van der Waals surface area contributed by atoms with Crippen LogP contribution < -0.4 is 10.1 Å². The Morgan fingerprint density at radius 1 is 1.27 bits per heavy atom. The third-order valence-electron chi connectivity index (χ3n) is 3.05. The number of nitriles is 1. The lowest BCUT2D eigenvalue weighted by Crippen LogP contribution is -2.12. The Morgan fingerprint density at radius 2 is 2.00 bits per heavy atom. The molecule has 0 atom stereocenters. The summed E-state index contributed by atoms with van der Waals surface area (Å²) in [6, 6.07) is 14.7. The molecule has 0 aliphatic heterocycles. The molecule has 0 bridgehead atoms. The molecule has 0 radical (unpaired) electrons. The number of anilines is 1. The summed E-state index contributed by atoms with van der Waals surface area (Å²) in [4.78, 5) is 11.4. The summed E-state index contributed by atoms with van der Waals surface area (Å²) in [5, 5.41) is 12.2. The number of rotatable bonds is 6. The molecule has 5 heteroatoms.